The lowest BCUT2D eigenvalue weighted by Crippen LogP contribution is -2.45. The Morgan fingerprint density at radius 3 is 2.79 bits per heavy atom. The Balaban J connectivity index is 1.75. The Kier molecular flexibility index (Phi) is 5.33. The van der Waals surface area contributed by atoms with E-state index < -0.39 is 10.0 Å². The summed E-state index contributed by atoms with van der Waals surface area (Å²) < 4.78 is 31.8. The normalized spacial score (nSPS) is 20.3. The van der Waals surface area contributed by atoms with Crippen LogP contribution in [0.5, 0.6) is 0 Å². The van der Waals surface area contributed by atoms with E-state index in [0.717, 1.165) is 12.1 Å². The van der Waals surface area contributed by atoms with Gasteiger partial charge in [0.25, 0.3) is 0 Å². The standard InChI is InChI=1S/C13H20N2O3S/c16-19(17,9-6-12-4-2-1-3-5-12)15-11-13-10-14-7-8-18-13/h1-5,13-15H,6-11H2. The van der Waals surface area contributed by atoms with Crippen LogP contribution in [0, 0.1) is 0 Å². The number of ether oxygens (including phenoxy) is 1. The zero-order chi connectivity index (χ0) is 13.6. The predicted molar refractivity (Wildman–Crippen MR) is 74.5 cm³/mol. The van der Waals surface area contributed by atoms with Gasteiger partial charge in [0.05, 0.1) is 18.5 Å². The number of hydrogen-bond donors (Lipinski definition) is 2. The zero-order valence-corrected chi connectivity index (χ0v) is 11.7. The summed E-state index contributed by atoms with van der Waals surface area (Å²) >= 11 is 0. The van der Waals surface area contributed by atoms with Crippen LogP contribution >= 0.6 is 0 Å². The molecule has 1 aliphatic heterocycles. The molecule has 1 atom stereocenters. The molecule has 1 heterocycles. The third-order valence-electron chi connectivity index (χ3n) is 3.04. The van der Waals surface area contributed by atoms with Crippen molar-refractivity contribution in [2.45, 2.75) is 12.5 Å². The largest absolute Gasteiger partial charge is 0.374 e. The van der Waals surface area contributed by atoms with Gasteiger partial charge in [0.2, 0.25) is 10.0 Å². The van der Waals surface area contributed by atoms with E-state index in [4.69, 9.17) is 4.74 Å². The lowest BCUT2D eigenvalue weighted by molar-refractivity contribution is 0.0324. The van der Waals surface area contributed by atoms with E-state index in [1.54, 1.807) is 0 Å². The monoisotopic (exact) mass is 284 g/mol. The first-order valence-electron chi connectivity index (χ1n) is 6.49. The Labute approximate surface area is 114 Å². The van der Waals surface area contributed by atoms with Crippen LogP contribution in [0.2, 0.25) is 0 Å². The number of aryl methyl sites for hydroxylation is 1. The lowest BCUT2D eigenvalue weighted by atomic mass is 10.2. The van der Waals surface area contributed by atoms with Crippen LogP contribution in [0.25, 0.3) is 0 Å². The Bertz CT molecular complexity index is 470. The molecule has 106 valence electrons. The molecule has 2 N–H and O–H groups in total. The highest BCUT2D eigenvalue weighted by molar-refractivity contribution is 7.89. The Morgan fingerprint density at radius 1 is 1.32 bits per heavy atom. The fourth-order valence-corrected chi connectivity index (χ4v) is 3.03. The van der Waals surface area contributed by atoms with Crippen LogP contribution in [0.3, 0.4) is 0 Å². The van der Waals surface area contributed by atoms with E-state index >= 15 is 0 Å². The summed E-state index contributed by atoms with van der Waals surface area (Å²) in [6.45, 7) is 2.50. The van der Waals surface area contributed by atoms with Crippen molar-refractivity contribution < 1.29 is 13.2 Å². The van der Waals surface area contributed by atoms with Crippen molar-refractivity contribution in [3.8, 4) is 0 Å². The van der Waals surface area contributed by atoms with Gasteiger partial charge in [0, 0.05) is 19.6 Å². The minimum absolute atomic E-state index is 0.0692. The van der Waals surface area contributed by atoms with Crippen molar-refractivity contribution in [1.82, 2.24) is 10.0 Å². The van der Waals surface area contributed by atoms with Crippen LogP contribution in [0.4, 0.5) is 0 Å². The lowest BCUT2D eigenvalue weighted by Gasteiger charge is -2.23. The third kappa shape index (κ3) is 5.28. The molecule has 1 aliphatic rings. The topological polar surface area (TPSA) is 67.4 Å². The first-order valence-corrected chi connectivity index (χ1v) is 8.14. The highest BCUT2D eigenvalue weighted by Crippen LogP contribution is 2.02. The molecule has 1 aromatic carbocycles. The van der Waals surface area contributed by atoms with Gasteiger partial charge in [-0.2, -0.15) is 0 Å². The van der Waals surface area contributed by atoms with Gasteiger partial charge in [-0.25, -0.2) is 13.1 Å². The number of hydrogen-bond acceptors (Lipinski definition) is 4. The van der Waals surface area contributed by atoms with Crippen LogP contribution in [-0.4, -0.2) is 46.5 Å². The molecule has 19 heavy (non-hydrogen) atoms. The number of benzene rings is 1. The van der Waals surface area contributed by atoms with Crippen molar-refractivity contribution in [1.29, 1.82) is 0 Å². The van der Waals surface area contributed by atoms with E-state index in [2.05, 4.69) is 10.0 Å². The second-order valence-electron chi connectivity index (χ2n) is 4.60. The average molecular weight is 284 g/mol. The third-order valence-corrected chi connectivity index (χ3v) is 4.39. The van der Waals surface area contributed by atoms with Gasteiger partial charge in [-0.3, -0.25) is 0 Å². The summed E-state index contributed by atoms with van der Waals surface area (Å²) in [4.78, 5) is 0. The van der Waals surface area contributed by atoms with Crippen LogP contribution in [0.15, 0.2) is 30.3 Å². The molecular formula is C13H20N2O3S. The fourth-order valence-electron chi connectivity index (χ4n) is 1.94. The van der Waals surface area contributed by atoms with E-state index in [0.29, 0.717) is 26.1 Å². The maximum atomic E-state index is 11.9. The molecule has 0 saturated carbocycles. The molecule has 1 saturated heterocycles. The van der Waals surface area contributed by atoms with Crippen molar-refractivity contribution in [3.63, 3.8) is 0 Å². The summed E-state index contributed by atoms with van der Waals surface area (Å²) in [6, 6.07) is 9.62. The fraction of sp³-hybridized carbons (Fsp3) is 0.538. The molecule has 0 spiro atoms. The molecule has 1 fully saturated rings. The first-order chi connectivity index (χ1) is 9.16. The number of rotatable bonds is 6. The smallest absolute Gasteiger partial charge is 0.212 e. The van der Waals surface area contributed by atoms with E-state index in [9.17, 15) is 8.42 Å². The van der Waals surface area contributed by atoms with E-state index in [1.807, 2.05) is 30.3 Å². The summed E-state index contributed by atoms with van der Waals surface area (Å²) in [5, 5.41) is 3.17. The Morgan fingerprint density at radius 2 is 2.11 bits per heavy atom. The quantitative estimate of drug-likeness (QED) is 0.779. The SMILES string of the molecule is O=S(=O)(CCc1ccccc1)NCC1CNCCO1. The van der Waals surface area contributed by atoms with Crippen molar-refractivity contribution in [2.24, 2.45) is 0 Å². The number of sulfonamides is 1. The molecule has 6 heteroatoms. The van der Waals surface area contributed by atoms with Crippen LogP contribution in [-0.2, 0) is 21.2 Å². The maximum absolute atomic E-state index is 11.9. The number of morpholine rings is 1. The summed E-state index contributed by atoms with van der Waals surface area (Å²) in [6.07, 6.45) is 0.459. The Hall–Kier alpha value is -0.950. The van der Waals surface area contributed by atoms with E-state index in [1.165, 1.54) is 0 Å². The second-order valence-corrected chi connectivity index (χ2v) is 6.53. The molecule has 0 amide bonds. The average Bonchev–Trinajstić information content (AvgIpc) is 2.46. The molecule has 0 aliphatic carbocycles. The molecular weight excluding hydrogens is 264 g/mol. The minimum Gasteiger partial charge on any atom is -0.374 e. The summed E-state index contributed by atoms with van der Waals surface area (Å²) in [7, 11) is -3.24. The molecule has 1 unspecified atom stereocenters. The van der Waals surface area contributed by atoms with Gasteiger partial charge in [-0.15, -0.1) is 0 Å². The van der Waals surface area contributed by atoms with Gasteiger partial charge in [-0.05, 0) is 12.0 Å². The van der Waals surface area contributed by atoms with Gasteiger partial charge in [0.15, 0.2) is 0 Å². The van der Waals surface area contributed by atoms with E-state index in [-0.39, 0.29) is 11.9 Å². The van der Waals surface area contributed by atoms with Gasteiger partial charge in [0.1, 0.15) is 0 Å². The molecule has 0 aromatic heterocycles. The predicted octanol–water partition coefficient (Wildman–Crippen LogP) is 0.137. The first kappa shape index (κ1) is 14.5. The van der Waals surface area contributed by atoms with Crippen LogP contribution < -0.4 is 10.0 Å². The van der Waals surface area contributed by atoms with Gasteiger partial charge in [-0.1, -0.05) is 30.3 Å². The van der Waals surface area contributed by atoms with Crippen LogP contribution in [0.1, 0.15) is 5.56 Å². The summed E-state index contributed by atoms with van der Waals surface area (Å²) in [5.74, 6) is 0.108. The van der Waals surface area contributed by atoms with Gasteiger partial charge >= 0.3 is 0 Å². The van der Waals surface area contributed by atoms with Gasteiger partial charge < -0.3 is 10.1 Å². The molecule has 0 radical (unpaired) electrons. The number of nitrogens with one attached hydrogen (secondary N) is 2. The minimum atomic E-state index is -3.24. The maximum Gasteiger partial charge on any atom is 0.212 e. The molecule has 2 rings (SSSR count). The summed E-state index contributed by atoms with van der Waals surface area (Å²) in [5.41, 5.74) is 1.03. The molecule has 0 bridgehead atoms. The second kappa shape index (κ2) is 7.00. The highest BCUT2D eigenvalue weighted by atomic mass is 32.2. The zero-order valence-electron chi connectivity index (χ0n) is 10.8. The molecule has 1 aromatic rings. The van der Waals surface area contributed by atoms with Crippen molar-refractivity contribution >= 4 is 10.0 Å². The van der Waals surface area contributed by atoms with Crippen molar-refractivity contribution in [2.75, 3.05) is 32.0 Å². The molecule has 5 nitrogen and oxygen atoms in total. The van der Waals surface area contributed by atoms with Crippen molar-refractivity contribution in [3.05, 3.63) is 35.9 Å². The highest BCUT2D eigenvalue weighted by Gasteiger charge is 2.17.